The number of carbonyl (C=O) groups is 1. The molecule has 1 N–H and O–H groups in total. The van der Waals surface area contributed by atoms with Crippen LogP contribution < -0.4 is 5.32 Å². The molecule has 1 saturated heterocycles. The van der Waals surface area contributed by atoms with Crippen LogP contribution in [0.2, 0.25) is 0 Å². The molecule has 1 aromatic heterocycles. The second kappa shape index (κ2) is 6.91. The molecule has 2 heterocycles. The third kappa shape index (κ3) is 3.27. The Labute approximate surface area is 136 Å². The van der Waals surface area contributed by atoms with Crippen LogP contribution in [0.3, 0.4) is 0 Å². The van der Waals surface area contributed by atoms with Gasteiger partial charge in [-0.25, -0.2) is 9.67 Å². The molecule has 1 atom stereocenters. The lowest BCUT2D eigenvalue weighted by atomic mass is 10.1. The van der Waals surface area contributed by atoms with Crippen molar-refractivity contribution >= 4 is 5.91 Å². The second-order valence-electron chi connectivity index (χ2n) is 5.83. The highest BCUT2D eigenvalue weighted by molar-refractivity contribution is 5.90. The maximum absolute atomic E-state index is 12.7. The quantitative estimate of drug-likeness (QED) is 0.932. The van der Waals surface area contributed by atoms with Gasteiger partial charge in [-0.3, -0.25) is 4.79 Å². The molecule has 6 nitrogen and oxygen atoms in total. The third-order valence-electron chi connectivity index (χ3n) is 4.30. The Morgan fingerprint density at radius 2 is 2.13 bits per heavy atom. The Balaban J connectivity index is 1.86. The molecular formula is C17H23N5O. The fourth-order valence-electron chi connectivity index (χ4n) is 2.98. The zero-order valence-corrected chi connectivity index (χ0v) is 13.7. The average Bonchev–Trinajstić information content (AvgIpc) is 3.06. The first-order valence-corrected chi connectivity index (χ1v) is 8.20. The van der Waals surface area contributed by atoms with E-state index in [1.54, 1.807) is 4.68 Å². The standard InChI is InChI=1S/C17H23N5O/c1-3-15-19-16(20-22(15)14-9-5-4-6-10-14)17(23)21-11-7-8-13(12-21)18-2/h4-6,9-10,13,18H,3,7-8,11-12H2,1-2H3. The SMILES string of the molecule is CCc1nc(C(=O)N2CCCC(NC)C2)nn1-c1ccccc1. The highest BCUT2D eigenvalue weighted by Crippen LogP contribution is 2.15. The lowest BCUT2D eigenvalue weighted by molar-refractivity contribution is 0.0686. The Hall–Kier alpha value is -2.21. The Morgan fingerprint density at radius 1 is 1.35 bits per heavy atom. The lowest BCUT2D eigenvalue weighted by Crippen LogP contribution is -2.47. The second-order valence-corrected chi connectivity index (χ2v) is 5.83. The van der Waals surface area contributed by atoms with E-state index >= 15 is 0 Å². The van der Waals surface area contributed by atoms with Gasteiger partial charge in [0, 0.05) is 25.6 Å². The molecule has 3 rings (SSSR count). The molecule has 122 valence electrons. The summed E-state index contributed by atoms with van der Waals surface area (Å²) < 4.78 is 1.77. The van der Waals surface area contributed by atoms with Gasteiger partial charge in [0.15, 0.2) is 0 Å². The molecule has 1 aromatic carbocycles. The van der Waals surface area contributed by atoms with E-state index in [-0.39, 0.29) is 5.91 Å². The first kappa shape index (κ1) is 15.7. The van der Waals surface area contributed by atoms with Crippen LogP contribution in [0.25, 0.3) is 5.69 Å². The van der Waals surface area contributed by atoms with Crippen LogP contribution in [0, 0.1) is 0 Å². The van der Waals surface area contributed by atoms with E-state index in [0.717, 1.165) is 43.9 Å². The number of nitrogens with one attached hydrogen (secondary N) is 1. The van der Waals surface area contributed by atoms with Crippen LogP contribution in [-0.2, 0) is 6.42 Å². The number of hydrogen-bond donors (Lipinski definition) is 1. The number of piperidine rings is 1. The van der Waals surface area contributed by atoms with Crippen LogP contribution in [-0.4, -0.2) is 51.8 Å². The van der Waals surface area contributed by atoms with Crippen molar-refractivity contribution in [2.45, 2.75) is 32.2 Å². The van der Waals surface area contributed by atoms with Gasteiger partial charge in [-0.1, -0.05) is 25.1 Å². The molecule has 0 aliphatic carbocycles. The van der Waals surface area contributed by atoms with E-state index in [2.05, 4.69) is 15.4 Å². The van der Waals surface area contributed by atoms with E-state index in [1.807, 2.05) is 49.2 Å². The molecule has 0 saturated carbocycles. The number of aromatic nitrogens is 3. The van der Waals surface area contributed by atoms with Gasteiger partial charge in [-0.05, 0) is 32.0 Å². The van der Waals surface area contributed by atoms with Gasteiger partial charge in [0.1, 0.15) is 5.82 Å². The molecule has 2 aromatic rings. The van der Waals surface area contributed by atoms with Crippen molar-refractivity contribution in [3.63, 3.8) is 0 Å². The molecule has 1 amide bonds. The minimum atomic E-state index is -0.0747. The number of amides is 1. The topological polar surface area (TPSA) is 63.1 Å². The van der Waals surface area contributed by atoms with Crippen LogP contribution >= 0.6 is 0 Å². The largest absolute Gasteiger partial charge is 0.334 e. The smallest absolute Gasteiger partial charge is 0.293 e. The third-order valence-corrected chi connectivity index (χ3v) is 4.30. The first-order valence-electron chi connectivity index (χ1n) is 8.20. The number of hydrogen-bond acceptors (Lipinski definition) is 4. The van der Waals surface area contributed by atoms with Crippen molar-refractivity contribution < 1.29 is 4.79 Å². The fourth-order valence-corrected chi connectivity index (χ4v) is 2.98. The van der Waals surface area contributed by atoms with Gasteiger partial charge >= 0.3 is 0 Å². The molecular weight excluding hydrogens is 290 g/mol. The predicted octanol–water partition coefficient (Wildman–Crippen LogP) is 1.65. The molecule has 23 heavy (non-hydrogen) atoms. The zero-order chi connectivity index (χ0) is 16.2. The van der Waals surface area contributed by atoms with E-state index in [0.29, 0.717) is 11.9 Å². The van der Waals surface area contributed by atoms with Gasteiger partial charge in [0.05, 0.1) is 5.69 Å². The summed E-state index contributed by atoms with van der Waals surface area (Å²) in [5.41, 5.74) is 0.933. The van der Waals surface area contributed by atoms with Crippen molar-refractivity contribution in [3.8, 4) is 5.69 Å². The predicted molar refractivity (Wildman–Crippen MR) is 88.7 cm³/mol. The molecule has 1 fully saturated rings. The van der Waals surface area contributed by atoms with E-state index < -0.39 is 0 Å². The number of nitrogens with zero attached hydrogens (tertiary/aromatic N) is 4. The van der Waals surface area contributed by atoms with Crippen molar-refractivity contribution in [2.24, 2.45) is 0 Å². The molecule has 6 heteroatoms. The van der Waals surface area contributed by atoms with Gasteiger partial charge < -0.3 is 10.2 Å². The molecule has 1 unspecified atom stereocenters. The van der Waals surface area contributed by atoms with Crippen molar-refractivity contribution in [3.05, 3.63) is 42.0 Å². The van der Waals surface area contributed by atoms with E-state index in [4.69, 9.17) is 0 Å². The molecule has 0 spiro atoms. The minimum Gasteiger partial charge on any atom is -0.334 e. The van der Waals surface area contributed by atoms with Crippen LogP contribution in [0.5, 0.6) is 0 Å². The number of para-hydroxylation sites is 1. The lowest BCUT2D eigenvalue weighted by Gasteiger charge is -2.31. The maximum atomic E-state index is 12.7. The first-order chi connectivity index (χ1) is 11.2. The minimum absolute atomic E-state index is 0.0747. The summed E-state index contributed by atoms with van der Waals surface area (Å²) in [6, 6.07) is 10.2. The summed E-state index contributed by atoms with van der Waals surface area (Å²) in [5.74, 6) is 1.03. The number of aryl methyl sites for hydroxylation is 1. The number of rotatable bonds is 4. The van der Waals surface area contributed by atoms with Gasteiger partial charge in [0.25, 0.3) is 5.91 Å². The monoisotopic (exact) mass is 313 g/mol. The average molecular weight is 313 g/mol. The molecule has 0 bridgehead atoms. The summed E-state index contributed by atoms with van der Waals surface area (Å²) in [6.07, 6.45) is 2.85. The number of likely N-dealkylation sites (N-methyl/N-ethyl adjacent to an activating group) is 1. The number of likely N-dealkylation sites (tertiary alicyclic amines) is 1. The Bertz CT molecular complexity index is 667. The summed E-state index contributed by atoms with van der Waals surface area (Å²) in [4.78, 5) is 19.1. The van der Waals surface area contributed by atoms with Crippen molar-refractivity contribution in [2.75, 3.05) is 20.1 Å². The Morgan fingerprint density at radius 3 is 2.83 bits per heavy atom. The van der Waals surface area contributed by atoms with E-state index in [9.17, 15) is 4.79 Å². The normalized spacial score (nSPS) is 18.2. The van der Waals surface area contributed by atoms with Crippen molar-refractivity contribution in [1.29, 1.82) is 0 Å². The van der Waals surface area contributed by atoms with Crippen LogP contribution in [0.1, 0.15) is 36.2 Å². The maximum Gasteiger partial charge on any atom is 0.293 e. The van der Waals surface area contributed by atoms with Crippen LogP contribution in [0.4, 0.5) is 0 Å². The summed E-state index contributed by atoms with van der Waals surface area (Å²) in [5, 5.41) is 7.73. The summed E-state index contributed by atoms with van der Waals surface area (Å²) in [7, 11) is 1.94. The van der Waals surface area contributed by atoms with Gasteiger partial charge in [-0.2, -0.15) is 0 Å². The highest BCUT2D eigenvalue weighted by atomic mass is 16.2. The summed E-state index contributed by atoms with van der Waals surface area (Å²) >= 11 is 0. The highest BCUT2D eigenvalue weighted by Gasteiger charge is 2.27. The number of carbonyl (C=O) groups excluding carboxylic acids is 1. The van der Waals surface area contributed by atoms with Gasteiger partial charge in [-0.15, -0.1) is 5.10 Å². The molecule has 0 radical (unpaired) electrons. The fraction of sp³-hybridized carbons (Fsp3) is 0.471. The molecule has 1 aliphatic heterocycles. The Kier molecular flexibility index (Phi) is 4.71. The van der Waals surface area contributed by atoms with Gasteiger partial charge in [0.2, 0.25) is 5.82 Å². The van der Waals surface area contributed by atoms with Crippen LogP contribution in [0.15, 0.2) is 30.3 Å². The number of benzene rings is 1. The zero-order valence-electron chi connectivity index (χ0n) is 13.7. The molecule has 1 aliphatic rings. The summed E-state index contributed by atoms with van der Waals surface area (Å²) in [6.45, 7) is 3.52. The van der Waals surface area contributed by atoms with E-state index in [1.165, 1.54) is 0 Å². The van der Waals surface area contributed by atoms with Crippen molar-refractivity contribution in [1.82, 2.24) is 25.0 Å².